The van der Waals surface area contributed by atoms with E-state index in [0.717, 1.165) is 17.5 Å². The highest BCUT2D eigenvalue weighted by molar-refractivity contribution is 5.72. The third-order valence-electron chi connectivity index (χ3n) is 2.66. The Balaban J connectivity index is 2.93. The van der Waals surface area contributed by atoms with Crippen LogP contribution in [0, 0.1) is 13.8 Å². The first-order valence-electron chi connectivity index (χ1n) is 5.71. The van der Waals surface area contributed by atoms with Gasteiger partial charge < -0.3 is 15.6 Å². The number of hydrogen-bond donors (Lipinski definition) is 2. The Morgan fingerprint density at radius 3 is 2.59 bits per heavy atom. The number of carbonyl (C=O) groups is 1. The summed E-state index contributed by atoms with van der Waals surface area (Å²) in [6.45, 7) is 5.66. The van der Waals surface area contributed by atoms with Gasteiger partial charge in [-0.15, -0.1) is 0 Å². The third-order valence-corrected chi connectivity index (χ3v) is 2.66. The second-order valence-electron chi connectivity index (χ2n) is 4.21. The lowest BCUT2D eigenvalue weighted by Gasteiger charge is -2.17. The van der Waals surface area contributed by atoms with Gasteiger partial charge in [0.05, 0.1) is 0 Å². The lowest BCUT2D eigenvalue weighted by molar-refractivity contribution is -0.145. The minimum absolute atomic E-state index is 0.498. The maximum Gasteiger partial charge on any atom is 0.344 e. The molecule has 0 spiro atoms. The molecule has 4 nitrogen and oxygen atoms in total. The molecule has 0 bridgehead atoms. The molecule has 0 aromatic heterocycles. The molecule has 4 heteroatoms. The third kappa shape index (κ3) is 3.37. The van der Waals surface area contributed by atoms with Crippen molar-refractivity contribution in [1.82, 2.24) is 0 Å². The molecule has 0 saturated carbocycles. The Labute approximate surface area is 101 Å². The molecule has 0 aliphatic rings. The summed E-state index contributed by atoms with van der Waals surface area (Å²) in [6.07, 6.45) is 0.476. The van der Waals surface area contributed by atoms with Crippen molar-refractivity contribution in [3.63, 3.8) is 0 Å². The van der Waals surface area contributed by atoms with E-state index in [2.05, 4.69) is 0 Å². The largest absolute Gasteiger partial charge is 0.479 e. The molecule has 1 unspecified atom stereocenters. The minimum atomic E-state index is -0.930. The van der Waals surface area contributed by atoms with Gasteiger partial charge in [-0.1, -0.05) is 13.3 Å². The lowest BCUT2D eigenvalue weighted by atomic mass is 10.1. The van der Waals surface area contributed by atoms with Crippen LogP contribution in [-0.4, -0.2) is 17.2 Å². The Hall–Kier alpha value is -1.71. The fourth-order valence-electron chi connectivity index (χ4n) is 1.59. The van der Waals surface area contributed by atoms with Crippen molar-refractivity contribution in [3.8, 4) is 5.75 Å². The second-order valence-corrected chi connectivity index (χ2v) is 4.21. The van der Waals surface area contributed by atoms with Crippen molar-refractivity contribution in [2.24, 2.45) is 0 Å². The van der Waals surface area contributed by atoms with Crippen molar-refractivity contribution >= 4 is 11.7 Å². The summed E-state index contributed by atoms with van der Waals surface area (Å²) >= 11 is 0. The highest BCUT2D eigenvalue weighted by atomic mass is 16.5. The maximum atomic E-state index is 11.0. The first-order chi connectivity index (χ1) is 7.95. The van der Waals surface area contributed by atoms with E-state index >= 15 is 0 Å². The monoisotopic (exact) mass is 237 g/mol. The van der Waals surface area contributed by atoms with Crippen LogP contribution in [0.4, 0.5) is 5.69 Å². The number of aliphatic carboxylic acids is 1. The Kier molecular flexibility index (Phi) is 4.37. The first-order valence-corrected chi connectivity index (χ1v) is 5.71. The van der Waals surface area contributed by atoms with E-state index in [0.29, 0.717) is 17.9 Å². The van der Waals surface area contributed by atoms with E-state index in [-0.39, 0.29) is 0 Å². The van der Waals surface area contributed by atoms with E-state index in [1.54, 1.807) is 12.1 Å². The molecular formula is C13H19NO3. The molecule has 94 valence electrons. The highest BCUT2D eigenvalue weighted by Gasteiger charge is 2.19. The normalized spacial score (nSPS) is 12.2. The maximum absolute atomic E-state index is 11.0. The molecule has 0 fully saturated rings. The number of nitrogen functional groups attached to an aromatic ring is 1. The molecule has 0 amide bonds. The fourth-order valence-corrected chi connectivity index (χ4v) is 1.59. The number of nitrogens with two attached hydrogens (primary N) is 1. The molecular weight excluding hydrogens is 218 g/mol. The first kappa shape index (κ1) is 13.4. The van der Waals surface area contributed by atoms with Gasteiger partial charge in [0.1, 0.15) is 5.75 Å². The smallest absolute Gasteiger partial charge is 0.344 e. The van der Waals surface area contributed by atoms with Crippen LogP contribution in [0.2, 0.25) is 0 Å². The van der Waals surface area contributed by atoms with Gasteiger partial charge in [-0.25, -0.2) is 4.79 Å². The van der Waals surface area contributed by atoms with Crippen LogP contribution in [0.1, 0.15) is 30.9 Å². The number of ether oxygens (including phenoxy) is 1. The van der Waals surface area contributed by atoms with E-state index in [9.17, 15) is 4.79 Å². The van der Waals surface area contributed by atoms with Crippen LogP contribution in [0.15, 0.2) is 12.1 Å². The van der Waals surface area contributed by atoms with Crippen LogP contribution in [0.25, 0.3) is 0 Å². The molecule has 3 N–H and O–H groups in total. The van der Waals surface area contributed by atoms with E-state index < -0.39 is 12.1 Å². The second kappa shape index (κ2) is 5.57. The van der Waals surface area contributed by atoms with Gasteiger partial charge in [0, 0.05) is 5.69 Å². The van der Waals surface area contributed by atoms with E-state index in [1.165, 1.54) is 0 Å². The predicted molar refractivity (Wildman–Crippen MR) is 67.3 cm³/mol. The van der Waals surface area contributed by atoms with Gasteiger partial charge in [0.25, 0.3) is 0 Å². The number of carboxylic acids is 1. The summed E-state index contributed by atoms with van der Waals surface area (Å²) in [5.74, 6) is -0.335. The Morgan fingerprint density at radius 2 is 2.06 bits per heavy atom. The number of aryl methyl sites for hydroxylation is 2. The summed E-state index contributed by atoms with van der Waals surface area (Å²) in [7, 11) is 0. The van der Waals surface area contributed by atoms with Gasteiger partial charge in [-0.05, 0) is 43.5 Å². The van der Waals surface area contributed by atoms with Crippen molar-refractivity contribution in [2.75, 3.05) is 5.73 Å². The average molecular weight is 237 g/mol. The lowest BCUT2D eigenvalue weighted by Crippen LogP contribution is -2.27. The molecule has 0 radical (unpaired) electrons. The highest BCUT2D eigenvalue weighted by Crippen LogP contribution is 2.25. The SMILES string of the molecule is CCCC(Oc1cc(C)c(N)cc1C)C(=O)O. The van der Waals surface area contributed by atoms with Crippen molar-refractivity contribution in [1.29, 1.82) is 0 Å². The van der Waals surface area contributed by atoms with Crippen LogP contribution in [-0.2, 0) is 4.79 Å². The van der Waals surface area contributed by atoms with Crippen LogP contribution in [0.5, 0.6) is 5.75 Å². The quantitative estimate of drug-likeness (QED) is 0.772. The molecule has 1 aromatic rings. The molecule has 0 aliphatic carbocycles. The summed E-state index contributed by atoms with van der Waals surface area (Å²) in [5, 5.41) is 9.03. The average Bonchev–Trinajstić information content (AvgIpc) is 2.24. The molecule has 0 aliphatic heterocycles. The Bertz CT molecular complexity index is 415. The topological polar surface area (TPSA) is 72.5 Å². The van der Waals surface area contributed by atoms with Gasteiger partial charge in [-0.3, -0.25) is 0 Å². The number of carboxylic acid groups (broad SMARTS) is 1. The summed E-state index contributed by atoms with van der Waals surface area (Å²) in [5.41, 5.74) is 8.21. The zero-order valence-corrected chi connectivity index (χ0v) is 10.5. The van der Waals surface area contributed by atoms with Crippen LogP contribution >= 0.6 is 0 Å². The van der Waals surface area contributed by atoms with E-state index in [4.69, 9.17) is 15.6 Å². The van der Waals surface area contributed by atoms with E-state index in [1.807, 2.05) is 20.8 Å². The van der Waals surface area contributed by atoms with Crippen molar-refractivity contribution < 1.29 is 14.6 Å². The zero-order chi connectivity index (χ0) is 13.0. The molecule has 1 atom stereocenters. The number of benzene rings is 1. The van der Waals surface area contributed by atoms with Gasteiger partial charge in [-0.2, -0.15) is 0 Å². The minimum Gasteiger partial charge on any atom is -0.479 e. The van der Waals surface area contributed by atoms with Crippen LogP contribution in [0.3, 0.4) is 0 Å². The van der Waals surface area contributed by atoms with Crippen molar-refractivity contribution in [2.45, 2.75) is 39.7 Å². The van der Waals surface area contributed by atoms with Gasteiger partial charge in [0.15, 0.2) is 6.10 Å². The summed E-state index contributed by atoms with van der Waals surface area (Å²) in [4.78, 5) is 11.0. The molecule has 0 heterocycles. The standard InChI is InChI=1S/C13H19NO3/c1-4-5-11(13(15)16)17-12-7-8(2)10(14)6-9(12)3/h6-7,11H,4-5,14H2,1-3H3,(H,15,16). The molecule has 0 saturated heterocycles. The number of anilines is 1. The van der Waals surface area contributed by atoms with Gasteiger partial charge in [0.2, 0.25) is 0 Å². The molecule has 1 aromatic carbocycles. The number of rotatable bonds is 5. The predicted octanol–water partition coefficient (Wildman–Crippen LogP) is 2.52. The number of hydrogen-bond acceptors (Lipinski definition) is 3. The summed E-state index contributed by atoms with van der Waals surface area (Å²) < 4.78 is 5.53. The van der Waals surface area contributed by atoms with Crippen LogP contribution < -0.4 is 10.5 Å². The Morgan fingerprint density at radius 1 is 1.41 bits per heavy atom. The summed E-state index contributed by atoms with van der Waals surface area (Å²) in [6, 6.07) is 3.59. The zero-order valence-electron chi connectivity index (χ0n) is 10.5. The van der Waals surface area contributed by atoms with Gasteiger partial charge >= 0.3 is 5.97 Å². The molecule has 1 rings (SSSR count). The fraction of sp³-hybridized carbons (Fsp3) is 0.462. The van der Waals surface area contributed by atoms with Crippen molar-refractivity contribution in [3.05, 3.63) is 23.3 Å². The molecule has 17 heavy (non-hydrogen) atoms.